The van der Waals surface area contributed by atoms with Crippen LogP contribution in [0.4, 0.5) is 0 Å². The summed E-state index contributed by atoms with van der Waals surface area (Å²) in [5, 5.41) is 1.09. The van der Waals surface area contributed by atoms with Crippen molar-refractivity contribution in [2.75, 3.05) is 0 Å². The highest BCUT2D eigenvalue weighted by Gasteiger charge is 2.01. The quantitative estimate of drug-likeness (QED) is 0.935. The van der Waals surface area contributed by atoms with E-state index in [4.69, 9.17) is 33.7 Å². The zero-order chi connectivity index (χ0) is 13.0. The van der Waals surface area contributed by atoms with Crippen LogP contribution in [0.3, 0.4) is 0 Å². The Balaban J connectivity index is 2.06. The molecule has 1 aromatic carbocycles. The van der Waals surface area contributed by atoms with Gasteiger partial charge in [0.2, 0.25) is 0 Å². The second-order valence-electron chi connectivity index (χ2n) is 3.72. The lowest BCUT2D eigenvalue weighted by molar-refractivity contribution is 0.301. The first kappa shape index (κ1) is 13.1. The van der Waals surface area contributed by atoms with Crippen molar-refractivity contribution in [3.05, 3.63) is 57.8 Å². The van der Waals surface area contributed by atoms with Gasteiger partial charge in [0.1, 0.15) is 12.4 Å². The third-order valence-corrected chi connectivity index (χ3v) is 2.73. The lowest BCUT2D eigenvalue weighted by atomic mass is 10.3. The van der Waals surface area contributed by atoms with E-state index >= 15 is 0 Å². The minimum absolute atomic E-state index is 0.352. The van der Waals surface area contributed by atoms with Gasteiger partial charge in [-0.05, 0) is 30.3 Å². The number of rotatable bonds is 4. The van der Waals surface area contributed by atoms with Gasteiger partial charge < -0.3 is 10.5 Å². The largest absolute Gasteiger partial charge is 0.487 e. The minimum Gasteiger partial charge on any atom is -0.487 e. The molecule has 0 aliphatic rings. The molecule has 0 radical (unpaired) electrons. The summed E-state index contributed by atoms with van der Waals surface area (Å²) in [5.74, 6) is 0.618. The number of ether oxygens (including phenoxy) is 1. The summed E-state index contributed by atoms with van der Waals surface area (Å²) in [4.78, 5) is 4.34. The molecule has 0 saturated heterocycles. The van der Waals surface area contributed by atoms with Crippen LogP contribution in [0.15, 0.2) is 36.4 Å². The van der Waals surface area contributed by atoms with Gasteiger partial charge >= 0.3 is 0 Å². The van der Waals surface area contributed by atoms with Crippen LogP contribution in [0.5, 0.6) is 5.75 Å². The molecule has 1 heterocycles. The van der Waals surface area contributed by atoms with Crippen LogP contribution in [0, 0.1) is 0 Å². The number of benzene rings is 1. The minimum atomic E-state index is 0.352. The van der Waals surface area contributed by atoms with Gasteiger partial charge in [-0.1, -0.05) is 29.3 Å². The molecule has 5 heteroatoms. The molecule has 2 N–H and O–H groups in total. The van der Waals surface area contributed by atoms with E-state index in [1.165, 1.54) is 0 Å². The molecule has 0 bridgehead atoms. The first-order valence-corrected chi connectivity index (χ1v) is 6.17. The van der Waals surface area contributed by atoms with Crippen LogP contribution in [-0.2, 0) is 13.2 Å². The maximum atomic E-state index is 5.88. The van der Waals surface area contributed by atoms with Crippen molar-refractivity contribution < 1.29 is 4.74 Å². The highest BCUT2D eigenvalue weighted by Crippen LogP contribution is 2.24. The molecule has 0 atom stereocenters. The number of hydrogen-bond donors (Lipinski definition) is 1. The number of nitrogens with zero attached hydrogens (tertiary/aromatic N) is 1. The van der Waals surface area contributed by atoms with Gasteiger partial charge in [-0.15, -0.1) is 0 Å². The van der Waals surface area contributed by atoms with Crippen molar-refractivity contribution in [3.8, 4) is 5.75 Å². The number of hydrogen-bond acceptors (Lipinski definition) is 3. The Morgan fingerprint density at radius 1 is 1.06 bits per heavy atom. The van der Waals surface area contributed by atoms with E-state index in [1.807, 2.05) is 18.2 Å². The third kappa shape index (κ3) is 3.60. The smallest absolute Gasteiger partial charge is 0.130 e. The van der Waals surface area contributed by atoms with Crippen LogP contribution < -0.4 is 10.5 Å². The van der Waals surface area contributed by atoms with E-state index in [0.29, 0.717) is 28.9 Å². The molecule has 3 nitrogen and oxygen atoms in total. The summed E-state index contributed by atoms with van der Waals surface area (Å²) >= 11 is 11.8. The van der Waals surface area contributed by atoms with Crippen LogP contribution in [0.1, 0.15) is 11.4 Å². The van der Waals surface area contributed by atoms with Crippen molar-refractivity contribution in [3.63, 3.8) is 0 Å². The van der Waals surface area contributed by atoms with Crippen molar-refractivity contribution in [2.24, 2.45) is 5.73 Å². The molecule has 0 aliphatic heterocycles. The van der Waals surface area contributed by atoms with Gasteiger partial charge in [0.25, 0.3) is 0 Å². The third-order valence-electron chi connectivity index (χ3n) is 2.30. The fourth-order valence-corrected chi connectivity index (χ4v) is 2.00. The average Bonchev–Trinajstić information content (AvgIpc) is 2.35. The molecule has 0 spiro atoms. The lowest BCUT2D eigenvalue weighted by Gasteiger charge is -2.07. The molecule has 2 rings (SSSR count). The van der Waals surface area contributed by atoms with Gasteiger partial charge in [0.05, 0.1) is 11.4 Å². The zero-order valence-corrected chi connectivity index (χ0v) is 11.1. The molecular weight excluding hydrogens is 271 g/mol. The Morgan fingerprint density at radius 3 is 2.39 bits per heavy atom. The lowest BCUT2D eigenvalue weighted by Crippen LogP contribution is -2.04. The van der Waals surface area contributed by atoms with Gasteiger partial charge in [-0.2, -0.15) is 0 Å². The van der Waals surface area contributed by atoms with Crippen LogP contribution >= 0.6 is 23.2 Å². The summed E-state index contributed by atoms with van der Waals surface area (Å²) in [6.45, 7) is 0.765. The normalized spacial score (nSPS) is 10.4. The van der Waals surface area contributed by atoms with Crippen LogP contribution in [0.2, 0.25) is 10.0 Å². The molecule has 2 aromatic rings. The first-order valence-electron chi connectivity index (χ1n) is 5.41. The molecule has 0 amide bonds. The van der Waals surface area contributed by atoms with Crippen LogP contribution in [-0.4, -0.2) is 4.98 Å². The fraction of sp³-hybridized carbons (Fsp3) is 0.154. The van der Waals surface area contributed by atoms with E-state index in [1.54, 1.807) is 18.2 Å². The second-order valence-corrected chi connectivity index (χ2v) is 4.59. The number of aromatic nitrogens is 1. The maximum Gasteiger partial charge on any atom is 0.130 e. The summed E-state index contributed by atoms with van der Waals surface area (Å²) in [7, 11) is 0. The standard InChI is InChI=1S/C13H12Cl2N2O/c14-9-4-10(15)6-13(5-9)18-8-12-3-1-2-11(7-16)17-12/h1-6H,7-8,16H2. The van der Waals surface area contributed by atoms with E-state index < -0.39 is 0 Å². The maximum absolute atomic E-state index is 5.88. The first-order chi connectivity index (χ1) is 8.67. The van der Waals surface area contributed by atoms with Gasteiger partial charge in [-0.3, -0.25) is 4.98 Å². The molecule has 0 unspecified atom stereocenters. The zero-order valence-electron chi connectivity index (χ0n) is 9.57. The second kappa shape index (κ2) is 6.05. The Labute approximate surface area is 115 Å². The SMILES string of the molecule is NCc1cccc(COc2cc(Cl)cc(Cl)c2)n1. The highest BCUT2D eigenvalue weighted by molar-refractivity contribution is 6.34. The summed E-state index contributed by atoms with van der Waals surface area (Å²) in [5.41, 5.74) is 7.17. The fourth-order valence-electron chi connectivity index (χ4n) is 1.49. The Morgan fingerprint density at radius 2 is 1.72 bits per heavy atom. The Kier molecular flexibility index (Phi) is 4.42. The van der Waals surface area contributed by atoms with Gasteiger partial charge in [-0.25, -0.2) is 0 Å². The molecule has 18 heavy (non-hydrogen) atoms. The van der Waals surface area contributed by atoms with E-state index in [-0.39, 0.29) is 0 Å². The van der Waals surface area contributed by atoms with Gasteiger partial charge in [0.15, 0.2) is 0 Å². The summed E-state index contributed by atoms with van der Waals surface area (Å²) in [6.07, 6.45) is 0. The molecule has 94 valence electrons. The van der Waals surface area contributed by atoms with E-state index in [0.717, 1.165) is 11.4 Å². The molecule has 1 aromatic heterocycles. The van der Waals surface area contributed by atoms with E-state index in [9.17, 15) is 0 Å². The molecule has 0 fully saturated rings. The van der Waals surface area contributed by atoms with Gasteiger partial charge in [0, 0.05) is 16.6 Å². The monoisotopic (exact) mass is 282 g/mol. The molecule has 0 aliphatic carbocycles. The average molecular weight is 283 g/mol. The van der Waals surface area contributed by atoms with Crippen molar-refractivity contribution in [2.45, 2.75) is 13.2 Å². The summed E-state index contributed by atoms with van der Waals surface area (Å²) in [6, 6.07) is 10.7. The summed E-state index contributed by atoms with van der Waals surface area (Å²) < 4.78 is 5.58. The molecular formula is C13H12Cl2N2O. The topological polar surface area (TPSA) is 48.1 Å². The van der Waals surface area contributed by atoms with Crippen molar-refractivity contribution in [1.82, 2.24) is 4.98 Å². The highest BCUT2D eigenvalue weighted by atomic mass is 35.5. The number of nitrogens with two attached hydrogens (primary N) is 1. The van der Waals surface area contributed by atoms with Crippen LogP contribution in [0.25, 0.3) is 0 Å². The number of pyridine rings is 1. The number of halogens is 2. The Hall–Kier alpha value is -1.29. The predicted molar refractivity (Wildman–Crippen MR) is 72.9 cm³/mol. The van der Waals surface area contributed by atoms with E-state index in [2.05, 4.69) is 4.98 Å². The van der Waals surface area contributed by atoms with Crippen molar-refractivity contribution in [1.29, 1.82) is 0 Å². The Bertz CT molecular complexity index is 526. The van der Waals surface area contributed by atoms with Crippen molar-refractivity contribution >= 4 is 23.2 Å². The predicted octanol–water partition coefficient (Wildman–Crippen LogP) is 3.43. The molecule has 0 saturated carbocycles.